The summed E-state index contributed by atoms with van der Waals surface area (Å²) in [5.74, 6) is 0.902. The number of unbranched alkanes of at least 4 members (excludes halogenated alkanes) is 1. The van der Waals surface area contributed by atoms with Crippen LogP contribution in [-0.4, -0.2) is 19.1 Å². The highest BCUT2D eigenvalue weighted by Gasteiger charge is 2.09. The summed E-state index contributed by atoms with van der Waals surface area (Å²) in [5.41, 5.74) is 1.45. The Hall–Kier alpha value is -2.56. The van der Waals surface area contributed by atoms with Gasteiger partial charge in [0, 0.05) is 12.1 Å². The van der Waals surface area contributed by atoms with Gasteiger partial charge in [-0.15, -0.1) is 0 Å². The van der Waals surface area contributed by atoms with Gasteiger partial charge in [0.1, 0.15) is 5.82 Å². The Morgan fingerprint density at radius 3 is 2.65 bits per heavy atom. The van der Waals surface area contributed by atoms with Gasteiger partial charge in [-0.1, -0.05) is 25.5 Å². The van der Waals surface area contributed by atoms with Crippen LogP contribution in [0.1, 0.15) is 38.7 Å². The summed E-state index contributed by atoms with van der Waals surface area (Å²) in [6.45, 7) is 5.25. The number of carbonyl (C=O) groups is 1. The molecule has 0 aliphatic rings. The van der Waals surface area contributed by atoms with Gasteiger partial charge in [0.05, 0.1) is 13.2 Å². The van der Waals surface area contributed by atoms with Crippen LogP contribution in [0.2, 0.25) is 0 Å². The van der Waals surface area contributed by atoms with Crippen molar-refractivity contribution < 1.29 is 18.7 Å². The number of hydrogen-bond donors (Lipinski definition) is 1. The fourth-order valence-corrected chi connectivity index (χ4v) is 2.47. The van der Waals surface area contributed by atoms with E-state index in [9.17, 15) is 9.18 Å². The lowest BCUT2D eigenvalue weighted by atomic mass is 10.1. The number of amides is 1. The van der Waals surface area contributed by atoms with Crippen LogP contribution in [-0.2, 0) is 11.2 Å². The monoisotopic (exact) mass is 359 g/mol. The predicted molar refractivity (Wildman–Crippen MR) is 101 cm³/mol. The van der Waals surface area contributed by atoms with E-state index in [1.165, 1.54) is 12.1 Å². The zero-order valence-corrected chi connectivity index (χ0v) is 15.4. The van der Waals surface area contributed by atoms with Crippen LogP contribution in [0, 0.1) is 5.82 Å². The fourth-order valence-electron chi connectivity index (χ4n) is 2.47. The Bertz CT molecular complexity index is 718. The molecule has 0 spiro atoms. The molecule has 0 atom stereocenters. The molecule has 0 bridgehead atoms. The first kappa shape index (κ1) is 19.8. The Balaban J connectivity index is 1.93. The van der Waals surface area contributed by atoms with Crippen LogP contribution in [0.3, 0.4) is 0 Å². The van der Waals surface area contributed by atoms with E-state index in [-0.39, 0.29) is 11.7 Å². The summed E-state index contributed by atoms with van der Waals surface area (Å²) in [6, 6.07) is 11.6. The van der Waals surface area contributed by atoms with Crippen LogP contribution in [0.5, 0.6) is 11.5 Å². The highest BCUT2D eigenvalue weighted by atomic mass is 19.1. The van der Waals surface area contributed by atoms with Crippen molar-refractivity contribution in [1.82, 2.24) is 0 Å². The molecule has 140 valence electrons. The first-order valence-electron chi connectivity index (χ1n) is 9.06. The van der Waals surface area contributed by atoms with Gasteiger partial charge in [-0.3, -0.25) is 4.79 Å². The lowest BCUT2D eigenvalue weighted by molar-refractivity contribution is -0.116. The first-order chi connectivity index (χ1) is 12.6. The number of nitrogens with one attached hydrogen (secondary N) is 1. The Morgan fingerprint density at radius 2 is 1.92 bits per heavy atom. The molecule has 26 heavy (non-hydrogen) atoms. The number of benzene rings is 2. The standard InChI is InChI=1S/C21H26FNO3/c1-3-5-13-26-19-11-9-16(14-20(19)25-4-2)10-12-21(24)23-18-8-6-7-17(22)15-18/h6-9,11,14-15H,3-5,10,12-13H2,1-2H3,(H,23,24). The summed E-state index contributed by atoms with van der Waals surface area (Å²) in [5, 5.41) is 2.70. The molecule has 4 nitrogen and oxygen atoms in total. The zero-order valence-electron chi connectivity index (χ0n) is 15.4. The van der Waals surface area contributed by atoms with E-state index in [1.54, 1.807) is 12.1 Å². The van der Waals surface area contributed by atoms with Crippen LogP contribution in [0.25, 0.3) is 0 Å². The van der Waals surface area contributed by atoms with E-state index in [0.29, 0.717) is 37.5 Å². The molecule has 0 saturated heterocycles. The number of anilines is 1. The van der Waals surface area contributed by atoms with Gasteiger partial charge in [0.25, 0.3) is 0 Å². The average molecular weight is 359 g/mol. The number of ether oxygens (including phenoxy) is 2. The molecule has 2 rings (SSSR count). The van der Waals surface area contributed by atoms with Crippen molar-refractivity contribution in [3.8, 4) is 11.5 Å². The first-order valence-corrected chi connectivity index (χ1v) is 9.06. The normalized spacial score (nSPS) is 10.4. The zero-order chi connectivity index (χ0) is 18.8. The van der Waals surface area contributed by atoms with E-state index >= 15 is 0 Å². The van der Waals surface area contributed by atoms with E-state index in [0.717, 1.165) is 24.2 Å². The molecule has 2 aromatic rings. The fraction of sp³-hybridized carbons (Fsp3) is 0.381. The Labute approximate surface area is 154 Å². The molecule has 0 heterocycles. The Morgan fingerprint density at radius 1 is 1.08 bits per heavy atom. The minimum atomic E-state index is -0.372. The number of rotatable bonds is 10. The van der Waals surface area contributed by atoms with Crippen molar-refractivity contribution in [3.05, 3.63) is 53.8 Å². The summed E-state index contributed by atoms with van der Waals surface area (Å²) >= 11 is 0. The maximum Gasteiger partial charge on any atom is 0.224 e. The van der Waals surface area contributed by atoms with Crippen LogP contribution < -0.4 is 14.8 Å². The molecule has 0 unspecified atom stereocenters. The molecule has 0 fully saturated rings. The minimum absolute atomic E-state index is 0.156. The van der Waals surface area contributed by atoms with Crippen molar-refractivity contribution >= 4 is 11.6 Å². The molecule has 2 aromatic carbocycles. The smallest absolute Gasteiger partial charge is 0.224 e. The molecule has 0 aliphatic heterocycles. The average Bonchev–Trinajstić information content (AvgIpc) is 2.62. The SMILES string of the molecule is CCCCOc1ccc(CCC(=O)Nc2cccc(F)c2)cc1OCC. The molecule has 0 aliphatic carbocycles. The maximum absolute atomic E-state index is 13.2. The van der Waals surface area contributed by atoms with Crippen LogP contribution >= 0.6 is 0 Å². The molecule has 5 heteroatoms. The number of carbonyl (C=O) groups excluding carboxylic acids is 1. The molecule has 0 radical (unpaired) electrons. The minimum Gasteiger partial charge on any atom is -0.490 e. The topological polar surface area (TPSA) is 47.6 Å². The third kappa shape index (κ3) is 6.39. The molecular formula is C21H26FNO3. The molecule has 1 N–H and O–H groups in total. The van der Waals surface area contributed by atoms with Gasteiger partial charge in [0.15, 0.2) is 11.5 Å². The van der Waals surface area contributed by atoms with Crippen molar-refractivity contribution in [1.29, 1.82) is 0 Å². The largest absolute Gasteiger partial charge is 0.490 e. The van der Waals surface area contributed by atoms with Crippen LogP contribution in [0.15, 0.2) is 42.5 Å². The van der Waals surface area contributed by atoms with Crippen molar-refractivity contribution in [2.24, 2.45) is 0 Å². The van der Waals surface area contributed by atoms with Crippen molar-refractivity contribution in [3.63, 3.8) is 0 Å². The lowest BCUT2D eigenvalue weighted by Crippen LogP contribution is -2.12. The quantitative estimate of drug-likeness (QED) is 0.609. The summed E-state index contributed by atoms with van der Waals surface area (Å²) in [6.07, 6.45) is 2.94. The molecular weight excluding hydrogens is 333 g/mol. The van der Waals surface area contributed by atoms with Gasteiger partial charge in [-0.05, 0) is 55.7 Å². The van der Waals surface area contributed by atoms with Gasteiger partial charge in [0.2, 0.25) is 5.91 Å². The van der Waals surface area contributed by atoms with E-state index in [1.807, 2.05) is 25.1 Å². The second-order valence-corrected chi connectivity index (χ2v) is 5.97. The van der Waals surface area contributed by atoms with E-state index in [2.05, 4.69) is 12.2 Å². The molecule has 0 aromatic heterocycles. The predicted octanol–water partition coefficient (Wildman–Crippen LogP) is 4.97. The van der Waals surface area contributed by atoms with Crippen molar-refractivity contribution in [2.75, 3.05) is 18.5 Å². The van der Waals surface area contributed by atoms with Gasteiger partial charge in [-0.2, -0.15) is 0 Å². The summed E-state index contributed by atoms with van der Waals surface area (Å²) in [4.78, 5) is 12.1. The number of halogens is 1. The number of hydrogen-bond acceptors (Lipinski definition) is 3. The van der Waals surface area contributed by atoms with E-state index < -0.39 is 0 Å². The molecule has 0 saturated carbocycles. The Kier molecular flexibility index (Phi) is 7.93. The van der Waals surface area contributed by atoms with Gasteiger partial charge >= 0.3 is 0 Å². The second-order valence-electron chi connectivity index (χ2n) is 5.97. The highest BCUT2D eigenvalue weighted by molar-refractivity contribution is 5.90. The lowest BCUT2D eigenvalue weighted by Gasteiger charge is -2.13. The van der Waals surface area contributed by atoms with Gasteiger partial charge < -0.3 is 14.8 Å². The molecule has 1 amide bonds. The highest BCUT2D eigenvalue weighted by Crippen LogP contribution is 2.29. The third-order valence-corrected chi connectivity index (χ3v) is 3.81. The van der Waals surface area contributed by atoms with Crippen molar-refractivity contribution in [2.45, 2.75) is 39.5 Å². The second kappa shape index (κ2) is 10.4. The van der Waals surface area contributed by atoms with Crippen LogP contribution in [0.4, 0.5) is 10.1 Å². The summed E-state index contributed by atoms with van der Waals surface area (Å²) in [7, 11) is 0. The third-order valence-electron chi connectivity index (χ3n) is 3.81. The van der Waals surface area contributed by atoms with Gasteiger partial charge in [-0.25, -0.2) is 4.39 Å². The maximum atomic E-state index is 13.2. The number of aryl methyl sites for hydroxylation is 1. The van der Waals surface area contributed by atoms with E-state index in [4.69, 9.17) is 9.47 Å². The summed E-state index contributed by atoms with van der Waals surface area (Å²) < 4.78 is 24.6.